The lowest BCUT2D eigenvalue weighted by molar-refractivity contribution is -0.116. The van der Waals surface area contributed by atoms with Gasteiger partial charge in [-0.05, 0) is 60.4 Å². The Bertz CT molecular complexity index is 667. The van der Waals surface area contributed by atoms with Gasteiger partial charge in [0.1, 0.15) is 5.75 Å². The molecule has 1 atom stereocenters. The lowest BCUT2D eigenvalue weighted by atomic mass is 9.61. The standard InChI is InChI=1S/C20H26O2/c1-12(2)15-10-14-6-7-16-13(3)18(21)8-9-20(16,4)17(14)11-19(15)22-5/h10-12H,6-9H2,1-5H3. The highest BCUT2D eigenvalue weighted by atomic mass is 16.5. The van der Waals surface area contributed by atoms with Crippen LogP contribution in [0, 0.1) is 0 Å². The fourth-order valence-electron chi connectivity index (χ4n) is 4.30. The van der Waals surface area contributed by atoms with Gasteiger partial charge in [0.25, 0.3) is 0 Å². The smallest absolute Gasteiger partial charge is 0.158 e. The Balaban J connectivity index is 2.21. The third-order valence-electron chi connectivity index (χ3n) is 5.71. The normalized spacial score (nSPS) is 24.4. The lowest BCUT2D eigenvalue weighted by Gasteiger charge is -2.43. The van der Waals surface area contributed by atoms with Gasteiger partial charge in [0.2, 0.25) is 0 Å². The van der Waals surface area contributed by atoms with Gasteiger partial charge in [0.05, 0.1) is 7.11 Å². The van der Waals surface area contributed by atoms with E-state index in [0.29, 0.717) is 18.1 Å². The maximum absolute atomic E-state index is 12.1. The van der Waals surface area contributed by atoms with Crippen molar-refractivity contribution in [2.45, 2.75) is 64.7 Å². The van der Waals surface area contributed by atoms with E-state index in [4.69, 9.17) is 4.74 Å². The maximum atomic E-state index is 12.1. The number of aryl methyl sites for hydroxylation is 1. The summed E-state index contributed by atoms with van der Waals surface area (Å²) >= 11 is 0. The quantitative estimate of drug-likeness (QED) is 0.791. The predicted octanol–water partition coefficient (Wildman–Crippen LogP) is 4.70. The molecule has 1 unspecified atom stereocenters. The summed E-state index contributed by atoms with van der Waals surface area (Å²) in [6.45, 7) is 8.75. The number of ether oxygens (including phenoxy) is 1. The van der Waals surface area contributed by atoms with Gasteiger partial charge in [-0.2, -0.15) is 0 Å². The summed E-state index contributed by atoms with van der Waals surface area (Å²) in [5.41, 5.74) is 6.48. The zero-order valence-corrected chi connectivity index (χ0v) is 14.4. The van der Waals surface area contributed by atoms with Gasteiger partial charge in [0.15, 0.2) is 5.78 Å². The Morgan fingerprint density at radius 1 is 1.18 bits per heavy atom. The number of methoxy groups -OCH3 is 1. The number of rotatable bonds is 2. The Labute approximate surface area is 133 Å². The van der Waals surface area contributed by atoms with Crippen molar-refractivity contribution >= 4 is 5.78 Å². The number of benzene rings is 1. The van der Waals surface area contributed by atoms with E-state index >= 15 is 0 Å². The Morgan fingerprint density at radius 3 is 2.55 bits per heavy atom. The van der Waals surface area contributed by atoms with E-state index in [-0.39, 0.29) is 5.41 Å². The summed E-state index contributed by atoms with van der Waals surface area (Å²) in [7, 11) is 1.76. The Kier molecular flexibility index (Phi) is 3.66. The van der Waals surface area contributed by atoms with E-state index in [2.05, 4.69) is 32.9 Å². The zero-order valence-electron chi connectivity index (χ0n) is 14.4. The number of hydrogen-bond acceptors (Lipinski definition) is 2. The molecule has 0 bridgehead atoms. The van der Waals surface area contributed by atoms with Gasteiger partial charge in [-0.15, -0.1) is 0 Å². The summed E-state index contributed by atoms with van der Waals surface area (Å²) in [6, 6.07) is 4.58. The number of ketones is 1. The van der Waals surface area contributed by atoms with Gasteiger partial charge in [-0.3, -0.25) is 4.79 Å². The Morgan fingerprint density at radius 2 is 1.91 bits per heavy atom. The second-order valence-electron chi connectivity index (χ2n) is 7.26. The summed E-state index contributed by atoms with van der Waals surface area (Å²) in [5, 5.41) is 0. The van der Waals surface area contributed by atoms with E-state index in [9.17, 15) is 4.79 Å². The van der Waals surface area contributed by atoms with Crippen LogP contribution in [-0.2, 0) is 16.6 Å². The first kappa shape index (κ1) is 15.3. The van der Waals surface area contributed by atoms with E-state index < -0.39 is 0 Å². The molecule has 2 aliphatic carbocycles. The zero-order chi connectivity index (χ0) is 16.1. The number of allylic oxidation sites excluding steroid dienone is 2. The molecule has 0 fully saturated rings. The third-order valence-corrected chi connectivity index (χ3v) is 5.71. The van der Waals surface area contributed by atoms with Crippen molar-refractivity contribution in [1.29, 1.82) is 0 Å². The molecule has 0 spiro atoms. The minimum atomic E-state index is 0.00830. The topological polar surface area (TPSA) is 26.3 Å². The number of Topliss-reactive ketones (excluding diaryl/α,β-unsaturated/α-hetero) is 1. The second-order valence-corrected chi connectivity index (χ2v) is 7.26. The second kappa shape index (κ2) is 5.26. The van der Waals surface area contributed by atoms with E-state index in [1.54, 1.807) is 7.11 Å². The molecule has 3 rings (SSSR count). The van der Waals surface area contributed by atoms with Crippen LogP contribution in [0.25, 0.3) is 0 Å². The molecule has 118 valence electrons. The third kappa shape index (κ3) is 2.12. The SMILES string of the molecule is COc1cc2c(cc1C(C)C)CCC1=C(C)C(=O)CCC12C. The van der Waals surface area contributed by atoms with Crippen LogP contribution in [0.1, 0.15) is 69.6 Å². The van der Waals surface area contributed by atoms with Crippen molar-refractivity contribution < 1.29 is 9.53 Å². The van der Waals surface area contributed by atoms with Gasteiger partial charge < -0.3 is 4.74 Å². The number of fused-ring (bicyclic) bond motifs is 3. The van der Waals surface area contributed by atoms with Crippen molar-refractivity contribution in [3.8, 4) is 5.75 Å². The largest absolute Gasteiger partial charge is 0.496 e. The molecular weight excluding hydrogens is 272 g/mol. The average molecular weight is 298 g/mol. The molecule has 0 saturated carbocycles. The van der Waals surface area contributed by atoms with E-state index in [0.717, 1.165) is 30.6 Å². The first-order valence-electron chi connectivity index (χ1n) is 8.33. The minimum Gasteiger partial charge on any atom is -0.496 e. The molecule has 2 nitrogen and oxygen atoms in total. The minimum absolute atomic E-state index is 0.00830. The first-order valence-corrected chi connectivity index (χ1v) is 8.33. The van der Waals surface area contributed by atoms with Crippen molar-refractivity contribution in [1.82, 2.24) is 0 Å². The van der Waals surface area contributed by atoms with Crippen LogP contribution in [0.15, 0.2) is 23.3 Å². The highest BCUT2D eigenvalue weighted by Gasteiger charge is 2.41. The molecule has 0 heterocycles. The molecular formula is C20H26O2. The monoisotopic (exact) mass is 298 g/mol. The molecule has 0 aliphatic heterocycles. The summed E-state index contributed by atoms with van der Waals surface area (Å²) in [6.07, 6.45) is 3.65. The molecule has 1 aromatic rings. The molecule has 0 radical (unpaired) electrons. The van der Waals surface area contributed by atoms with Gasteiger partial charge in [-0.1, -0.05) is 32.4 Å². The number of carbonyl (C=O) groups is 1. The highest BCUT2D eigenvalue weighted by Crippen LogP contribution is 2.50. The molecule has 0 N–H and O–H groups in total. The average Bonchev–Trinajstić information content (AvgIpc) is 2.50. The molecule has 22 heavy (non-hydrogen) atoms. The van der Waals surface area contributed by atoms with E-state index in [1.807, 2.05) is 6.92 Å². The van der Waals surface area contributed by atoms with Crippen molar-refractivity contribution in [2.75, 3.05) is 7.11 Å². The van der Waals surface area contributed by atoms with Crippen LogP contribution < -0.4 is 4.74 Å². The highest BCUT2D eigenvalue weighted by molar-refractivity contribution is 5.97. The van der Waals surface area contributed by atoms with E-state index in [1.165, 1.54) is 22.3 Å². The summed E-state index contributed by atoms with van der Waals surface area (Å²) in [5.74, 6) is 1.78. The van der Waals surface area contributed by atoms with Crippen LogP contribution in [0.4, 0.5) is 0 Å². The summed E-state index contributed by atoms with van der Waals surface area (Å²) in [4.78, 5) is 12.1. The molecule has 1 aromatic carbocycles. The lowest BCUT2D eigenvalue weighted by Crippen LogP contribution is -2.36. The fourth-order valence-corrected chi connectivity index (χ4v) is 4.30. The van der Waals surface area contributed by atoms with Crippen LogP contribution in [0.3, 0.4) is 0 Å². The number of hydrogen-bond donors (Lipinski definition) is 0. The van der Waals surface area contributed by atoms with Gasteiger partial charge in [0, 0.05) is 11.8 Å². The molecule has 2 aliphatic rings. The molecule has 2 heteroatoms. The Hall–Kier alpha value is -1.57. The van der Waals surface area contributed by atoms with Crippen molar-refractivity contribution in [3.63, 3.8) is 0 Å². The van der Waals surface area contributed by atoms with Crippen LogP contribution >= 0.6 is 0 Å². The van der Waals surface area contributed by atoms with Crippen LogP contribution in [0.2, 0.25) is 0 Å². The summed E-state index contributed by atoms with van der Waals surface area (Å²) < 4.78 is 5.66. The first-order chi connectivity index (χ1) is 10.4. The molecule has 0 amide bonds. The molecule has 0 saturated heterocycles. The van der Waals surface area contributed by atoms with Crippen molar-refractivity contribution in [2.24, 2.45) is 0 Å². The predicted molar refractivity (Wildman–Crippen MR) is 89.7 cm³/mol. The maximum Gasteiger partial charge on any atom is 0.158 e. The van der Waals surface area contributed by atoms with Gasteiger partial charge >= 0.3 is 0 Å². The number of carbonyl (C=O) groups excluding carboxylic acids is 1. The van der Waals surface area contributed by atoms with Gasteiger partial charge in [-0.25, -0.2) is 0 Å². The van der Waals surface area contributed by atoms with Crippen molar-refractivity contribution in [3.05, 3.63) is 40.0 Å². The fraction of sp³-hybridized carbons (Fsp3) is 0.550. The van der Waals surface area contributed by atoms with Crippen LogP contribution in [0.5, 0.6) is 5.75 Å². The van der Waals surface area contributed by atoms with Crippen LogP contribution in [-0.4, -0.2) is 12.9 Å². The molecule has 0 aromatic heterocycles.